The SMILES string of the molecule is OC(CC1CCOCC1)C(F)(F)F. The van der Waals surface area contributed by atoms with Crippen LogP contribution in [-0.2, 0) is 4.74 Å². The van der Waals surface area contributed by atoms with Gasteiger partial charge in [0, 0.05) is 13.2 Å². The minimum atomic E-state index is -4.47. The van der Waals surface area contributed by atoms with Crippen LogP contribution in [0.2, 0.25) is 0 Å². The summed E-state index contributed by atoms with van der Waals surface area (Å²) in [6.07, 6.45) is -5.60. The van der Waals surface area contributed by atoms with Crippen molar-refractivity contribution in [3.8, 4) is 0 Å². The van der Waals surface area contributed by atoms with Crippen LogP contribution in [0.4, 0.5) is 13.2 Å². The highest BCUT2D eigenvalue weighted by Crippen LogP contribution is 2.28. The second kappa shape index (κ2) is 4.28. The fourth-order valence-electron chi connectivity index (χ4n) is 1.43. The van der Waals surface area contributed by atoms with Crippen molar-refractivity contribution in [1.82, 2.24) is 0 Å². The van der Waals surface area contributed by atoms with Crippen LogP contribution in [0, 0.1) is 5.92 Å². The van der Waals surface area contributed by atoms with Gasteiger partial charge in [0.25, 0.3) is 0 Å². The molecule has 78 valence electrons. The van der Waals surface area contributed by atoms with Crippen LogP contribution in [-0.4, -0.2) is 30.6 Å². The average Bonchev–Trinajstić information content (AvgIpc) is 2.04. The number of rotatable bonds is 2. The Kier molecular flexibility index (Phi) is 3.55. The van der Waals surface area contributed by atoms with Gasteiger partial charge in [-0.25, -0.2) is 0 Å². The summed E-state index contributed by atoms with van der Waals surface area (Å²) in [4.78, 5) is 0. The van der Waals surface area contributed by atoms with Gasteiger partial charge in [0.05, 0.1) is 0 Å². The predicted molar refractivity (Wildman–Crippen MR) is 40.2 cm³/mol. The first-order valence-corrected chi connectivity index (χ1v) is 4.32. The number of hydrogen-bond donors (Lipinski definition) is 1. The minimum absolute atomic E-state index is 0.0506. The van der Waals surface area contributed by atoms with Gasteiger partial charge in [-0.1, -0.05) is 0 Å². The normalized spacial score (nSPS) is 23.1. The zero-order chi connectivity index (χ0) is 9.90. The minimum Gasteiger partial charge on any atom is -0.384 e. The quantitative estimate of drug-likeness (QED) is 0.732. The lowest BCUT2D eigenvalue weighted by atomic mass is 9.93. The Balaban J connectivity index is 2.30. The molecule has 0 saturated carbocycles. The molecule has 1 unspecified atom stereocenters. The first-order chi connectivity index (χ1) is 6.00. The summed E-state index contributed by atoms with van der Waals surface area (Å²) >= 11 is 0. The van der Waals surface area contributed by atoms with Crippen molar-refractivity contribution in [2.75, 3.05) is 13.2 Å². The van der Waals surface area contributed by atoms with Crippen molar-refractivity contribution in [1.29, 1.82) is 0 Å². The number of alkyl halides is 3. The fraction of sp³-hybridized carbons (Fsp3) is 1.00. The molecule has 1 saturated heterocycles. The highest BCUT2D eigenvalue weighted by molar-refractivity contribution is 4.72. The van der Waals surface area contributed by atoms with Gasteiger partial charge in [0.2, 0.25) is 0 Å². The molecule has 1 rings (SSSR count). The van der Waals surface area contributed by atoms with Crippen LogP contribution >= 0.6 is 0 Å². The molecule has 0 spiro atoms. The summed E-state index contributed by atoms with van der Waals surface area (Å²) in [7, 11) is 0. The van der Waals surface area contributed by atoms with E-state index in [2.05, 4.69) is 0 Å². The monoisotopic (exact) mass is 198 g/mol. The van der Waals surface area contributed by atoms with Gasteiger partial charge < -0.3 is 9.84 Å². The van der Waals surface area contributed by atoms with Crippen molar-refractivity contribution < 1.29 is 23.0 Å². The molecule has 0 aromatic carbocycles. The third kappa shape index (κ3) is 3.52. The molecule has 0 aromatic heterocycles. The van der Waals surface area contributed by atoms with Crippen LogP contribution < -0.4 is 0 Å². The van der Waals surface area contributed by atoms with Gasteiger partial charge in [-0.05, 0) is 25.2 Å². The maximum Gasteiger partial charge on any atom is 0.414 e. The summed E-state index contributed by atoms with van der Waals surface area (Å²) in [6, 6.07) is 0. The topological polar surface area (TPSA) is 29.5 Å². The third-order valence-corrected chi connectivity index (χ3v) is 2.28. The van der Waals surface area contributed by atoms with Gasteiger partial charge in [0.15, 0.2) is 0 Å². The number of ether oxygens (including phenoxy) is 1. The van der Waals surface area contributed by atoms with E-state index in [1.54, 1.807) is 0 Å². The van der Waals surface area contributed by atoms with Crippen LogP contribution in [0.3, 0.4) is 0 Å². The second-order valence-electron chi connectivity index (χ2n) is 3.35. The Labute approximate surface area is 74.7 Å². The van der Waals surface area contributed by atoms with Crippen LogP contribution in [0.15, 0.2) is 0 Å². The predicted octanol–water partition coefficient (Wildman–Crippen LogP) is 1.73. The molecule has 1 heterocycles. The Hall–Kier alpha value is -0.290. The highest BCUT2D eigenvalue weighted by atomic mass is 19.4. The molecule has 2 nitrogen and oxygen atoms in total. The molecule has 1 atom stereocenters. The van der Waals surface area contributed by atoms with Crippen LogP contribution in [0.25, 0.3) is 0 Å². The molecule has 0 bridgehead atoms. The standard InChI is InChI=1S/C8H13F3O2/c9-8(10,11)7(12)5-6-1-3-13-4-2-6/h6-7,12H,1-5H2. The molecule has 0 radical (unpaired) electrons. The Bertz CT molecular complexity index is 152. The molecule has 1 aliphatic heterocycles. The lowest BCUT2D eigenvalue weighted by molar-refractivity contribution is -0.209. The van der Waals surface area contributed by atoms with Crippen molar-refractivity contribution in [2.45, 2.75) is 31.5 Å². The number of hydrogen-bond acceptors (Lipinski definition) is 2. The Morgan fingerprint density at radius 1 is 1.31 bits per heavy atom. The van der Waals surface area contributed by atoms with Crippen molar-refractivity contribution in [3.05, 3.63) is 0 Å². The molecule has 0 aromatic rings. The summed E-state index contributed by atoms with van der Waals surface area (Å²) in [5.74, 6) is -0.0506. The molecule has 0 amide bonds. The first kappa shape index (κ1) is 10.8. The smallest absolute Gasteiger partial charge is 0.384 e. The fourth-order valence-corrected chi connectivity index (χ4v) is 1.43. The van der Waals surface area contributed by atoms with E-state index in [-0.39, 0.29) is 12.3 Å². The summed E-state index contributed by atoms with van der Waals surface area (Å²) in [5, 5.41) is 8.77. The zero-order valence-corrected chi connectivity index (χ0v) is 7.18. The average molecular weight is 198 g/mol. The lowest BCUT2D eigenvalue weighted by Crippen LogP contribution is -2.32. The Morgan fingerprint density at radius 2 is 1.85 bits per heavy atom. The number of aliphatic hydroxyl groups is 1. The largest absolute Gasteiger partial charge is 0.414 e. The molecular formula is C8H13F3O2. The van der Waals surface area contributed by atoms with Crippen LogP contribution in [0.5, 0.6) is 0 Å². The maximum atomic E-state index is 11.9. The van der Waals surface area contributed by atoms with E-state index < -0.39 is 12.3 Å². The van der Waals surface area contributed by atoms with E-state index >= 15 is 0 Å². The number of aliphatic hydroxyl groups excluding tert-OH is 1. The van der Waals surface area contributed by atoms with Gasteiger partial charge in [-0.15, -0.1) is 0 Å². The molecule has 1 fully saturated rings. The first-order valence-electron chi connectivity index (χ1n) is 4.32. The molecule has 5 heteroatoms. The van der Waals surface area contributed by atoms with Crippen LogP contribution in [0.1, 0.15) is 19.3 Å². The summed E-state index contributed by atoms with van der Waals surface area (Å²) in [5.41, 5.74) is 0. The van der Waals surface area contributed by atoms with E-state index in [4.69, 9.17) is 9.84 Å². The second-order valence-corrected chi connectivity index (χ2v) is 3.35. The number of halogens is 3. The zero-order valence-electron chi connectivity index (χ0n) is 7.18. The molecule has 0 aliphatic carbocycles. The summed E-state index contributed by atoms with van der Waals surface area (Å²) in [6.45, 7) is 1.02. The summed E-state index contributed by atoms with van der Waals surface area (Å²) < 4.78 is 40.8. The maximum absolute atomic E-state index is 11.9. The van der Waals surface area contributed by atoms with E-state index in [1.807, 2.05) is 0 Å². The Morgan fingerprint density at radius 3 is 2.31 bits per heavy atom. The third-order valence-electron chi connectivity index (χ3n) is 2.28. The molecular weight excluding hydrogens is 185 g/mol. The molecule has 13 heavy (non-hydrogen) atoms. The van der Waals surface area contributed by atoms with Gasteiger partial charge in [0.1, 0.15) is 6.10 Å². The lowest BCUT2D eigenvalue weighted by Gasteiger charge is -2.25. The van der Waals surface area contributed by atoms with Crippen molar-refractivity contribution in [2.24, 2.45) is 5.92 Å². The van der Waals surface area contributed by atoms with Crippen molar-refractivity contribution >= 4 is 0 Å². The highest BCUT2D eigenvalue weighted by Gasteiger charge is 2.39. The van der Waals surface area contributed by atoms with Crippen molar-refractivity contribution in [3.63, 3.8) is 0 Å². The molecule has 1 N–H and O–H groups in total. The van der Waals surface area contributed by atoms with E-state index in [1.165, 1.54) is 0 Å². The van der Waals surface area contributed by atoms with Gasteiger partial charge >= 0.3 is 6.18 Å². The molecule has 1 aliphatic rings. The van der Waals surface area contributed by atoms with E-state index in [9.17, 15) is 13.2 Å². The van der Waals surface area contributed by atoms with Gasteiger partial charge in [-0.2, -0.15) is 13.2 Å². The van der Waals surface area contributed by atoms with E-state index in [0.717, 1.165) is 0 Å². The van der Waals surface area contributed by atoms with E-state index in [0.29, 0.717) is 26.1 Å². The van der Waals surface area contributed by atoms with Gasteiger partial charge in [-0.3, -0.25) is 0 Å².